The first-order valence-corrected chi connectivity index (χ1v) is 7.68. The zero-order valence-corrected chi connectivity index (χ0v) is 12.9. The second-order valence-corrected chi connectivity index (χ2v) is 5.71. The molecule has 3 rings (SSSR count). The number of hydrogen-bond donors (Lipinski definition) is 1. The van der Waals surface area contributed by atoms with Crippen LogP contribution < -0.4 is 5.32 Å². The molecule has 2 amide bonds. The van der Waals surface area contributed by atoms with Crippen molar-refractivity contribution in [3.63, 3.8) is 0 Å². The molecule has 5 nitrogen and oxygen atoms in total. The molecule has 0 spiro atoms. The predicted octanol–water partition coefficient (Wildman–Crippen LogP) is 2.27. The highest BCUT2D eigenvalue weighted by atomic mass is 16.3. The van der Waals surface area contributed by atoms with Crippen molar-refractivity contribution in [1.82, 2.24) is 10.2 Å². The Morgan fingerprint density at radius 3 is 2.95 bits per heavy atom. The summed E-state index contributed by atoms with van der Waals surface area (Å²) < 4.78 is 5.76. The average molecular weight is 300 g/mol. The predicted molar refractivity (Wildman–Crippen MR) is 83.9 cm³/mol. The average Bonchev–Trinajstić information content (AvgIpc) is 2.84. The molecule has 1 N–H and O–H groups in total. The van der Waals surface area contributed by atoms with Gasteiger partial charge in [0.1, 0.15) is 12.1 Å². The Morgan fingerprint density at radius 2 is 2.23 bits per heavy atom. The molecule has 2 aromatic rings. The van der Waals surface area contributed by atoms with Gasteiger partial charge in [-0.2, -0.15) is 0 Å². The molecule has 1 fully saturated rings. The number of carbonyl (C=O) groups is 2. The van der Waals surface area contributed by atoms with Gasteiger partial charge in [-0.3, -0.25) is 9.59 Å². The molecule has 22 heavy (non-hydrogen) atoms. The number of piperazine rings is 1. The highest BCUT2D eigenvalue weighted by Gasteiger charge is 2.27. The van der Waals surface area contributed by atoms with Crippen LogP contribution in [0.1, 0.15) is 35.0 Å². The van der Waals surface area contributed by atoms with E-state index in [4.69, 9.17) is 4.42 Å². The summed E-state index contributed by atoms with van der Waals surface area (Å²) in [7, 11) is 0. The van der Waals surface area contributed by atoms with E-state index in [1.165, 1.54) is 10.5 Å². The van der Waals surface area contributed by atoms with Crippen molar-refractivity contribution < 1.29 is 14.0 Å². The lowest BCUT2D eigenvalue weighted by atomic mass is 10.1. The number of carbonyl (C=O) groups excluding carboxylic acids is 2. The zero-order chi connectivity index (χ0) is 15.7. The Balaban J connectivity index is 1.95. The topological polar surface area (TPSA) is 62.6 Å². The molecule has 1 aliphatic rings. The number of nitrogens with one attached hydrogen (secondary N) is 1. The lowest BCUT2D eigenvalue weighted by molar-refractivity contribution is -0.123. The molecule has 2 heterocycles. The third-order valence-electron chi connectivity index (χ3n) is 4.06. The minimum absolute atomic E-state index is 0.0937. The third-order valence-corrected chi connectivity index (χ3v) is 4.06. The number of hydrogen-bond acceptors (Lipinski definition) is 3. The number of fused-ring (bicyclic) bond motifs is 1. The Kier molecular flexibility index (Phi) is 3.88. The SMILES string of the molecule is CCCc1ccc2oc(C(=O)N3CCNC(=O)C3)c(C)c2c1. The number of nitrogens with zero attached hydrogens (tertiary/aromatic N) is 1. The van der Waals surface area contributed by atoms with Gasteiger partial charge in [-0.25, -0.2) is 0 Å². The van der Waals surface area contributed by atoms with E-state index in [-0.39, 0.29) is 18.4 Å². The van der Waals surface area contributed by atoms with Crippen LogP contribution in [0.5, 0.6) is 0 Å². The van der Waals surface area contributed by atoms with Crippen LogP contribution in [-0.2, 0) is 11.2 Å². The number of rotatable bonds is 3. The number of benzene rings is 1. The van der Waals surface area contributed by atoms with E-state index < -0.39 is 0 Å². The number of amides is 2. The van der Waals surface area contributed by atoms with E-state index in [9.17, 15) is 9.59 Å². The van der Waals surface area contributed by atoms with Gasteiger partial charge in [0.15, 0.2) is 5.76 Å². The van der Waals surface area contributed by atoms with Gasteiger partial charge in [0, 0.05) is 24.0 Å². The van der Waals surface area contributed by atoms with Crippen molar-refractivity contribution in [3.8, 4) is 0 Å². The lowest BCUT2D eigenvalue weighted by Crippen LogP contribution is -2.50. The fraction of sp³-hybridized carbons (Fsp3) is 0.412. The molecule has 0 unspecified atom stereocenters. The van der Waals surface area contributed by atoms with Crippen molar-refractivity contribution in [2.45, 2.75) is 26.7 Å². The van der Waals surface area contributed by atoms with Gasteiger partial charge in [-0.15, -0.1) is 0 Å². The maximum absolute atomic E-state index is 12.6. The monoisotopic (exact) mass is 300 g/mol. The van der Waals surface area contributed by atoms with Crippen LogP contribution in [0.4, 0.5) is 0 Å². The van der Waals surface area contributed by atoms with E-state index in [1.807, 2.05) is 19.1 Å². The normalized spacial score (nSPS) is 15.2. The van der Waals surface area contributed by atoms with E-state index in [0.29, 0.717) is 18.8 Å². The van der Waals surface area contributed by atoms with Gasteiger partial charge in [-0.1, -0.05) is 19.4 Å². The summed E-state index contributed by atoms with van der Waals surface area (Å²) in [6.45, 7) is 5.14. The molecule has 0 aliphatic carbocycles. The highest BCUT2D eigenvalue weighted by Crippen LogP contribution is 2.27. The Hall–Kier alpha value is -2.30. The molecule has 1 saturated heterocycles. The van der Waals surface area contributed by atoms with E-state index in [1.54, 1.807) is 0 Å². The van der Waals surface area contributed by atoms with Crippen LogP contribution in [0.2, 0.25) is 0 Å². The van der Waals surface area contributed by atoms with Gasteiger partial charge in [0.2, 0.25) is 5.91 Å². The van der Waals surface area contributed by atoms with E-state index in [0.717, 1.165) is 29.4 Å². The van der Waals surface area contributed by atoms with Crippen LogP contribution in [0.15, 0.2) is 22.6 Å². The molecule has 0 saturated carbocycles. The largest absolute Gasteiger partial charge is 0.451 e. The van der Waals surface area contributed by atoms with Gasteiger partial charge in [-0.05, 0) is 31.0 Å². The smallest absolute Gasteiger partial charge is 0.290 e. The highest BCUT2D eigenvalue weighted by molar-refractivity contribution is 6.00. The fourth-order valence-corrected chi connectivity index (χ4v) is 2.87. The first-order valence-electron chi connectivity index (χ1n) is 7.68. The van der Waals surface area contributed by atoms with Crippen LogP contribution in [0, 0.1) is 6.92 Å². The van der Waals surface area contributed by atoms with Crippen LogP contribution in [0.3, 0.4) is 0 Å². The standard InChI is InChI=1S/C17H20N2O3/c1-3-4-12-5-6-14-13(9-12)11(2)16(22-14)17(21)19-8-7-18-15(20)10-19/h5-6,9H,3-4,7-8,10H2,1-2H3,(H,18,20). The van der Waals surface area contributed by atoms with Gasteiger partial charge in [0.25, 0.3) is 5.91 Å². The van der Waals surface area contributed by atoms with Crippen molar-refractivity contribution in [2.75, 3.05) is 19.6 Å². The summed E-state index contributed by atoms with van der Waals surface area (Å²) >= 11 is 0. The molecule has 5 heteroatoms. The first-order chi connectivity index (χ1) is 10.6. The molecule has 0 atom stereocenters. The molecule has 1 aromatic heterocycles. The first kappa shape index (κ1) is 14.6. The Labute approximate surface area is 129 Å². The summed E-state index contributed by atoms with van der Waals surface area (Å²) in [6, 6.07) is 6.06. The van der Waals surface area contributed by atoms with Gasteiger partial charge < -0.3 is 14.6 Å². The van der Waals surface area contributed by atoms with Gasteiger partial charge >= 0.3 is 0 Å². The quantitative estimate of drug-likeness (QED) is 0.946. The summed E-state index contributed by atoms with van der Waals surface area (Å²) in [6.07, 6.45) is 2.09. The second kappa shape index (κ2) is 5.83. The summed E-state index contributed by atoms with van der Waals surface area (Å²) in [4.78, 5) is 25.6. The van der Waals surface area contributed by atoms with E-state index in [2.05, 4.69) is 18.3 Å². The second-order valence-electron chi connectivity index (χ2n) is 5.71. The molecular weight excluding hydrogens is 280 g/mol. The zero-order valence-electron chi connectivity index (χ0n) is 12.9. The van der Waals surface area contributed by atoms with Crippen molar-refractivity contribution >= 4 is 22.8 Å². The summed E-state index contributed by atoms with van der Waals surface area (Å²) in [5.74, 6) is 0.0116. The van der Waals surface area contributed by atoms with Crippen LogP contribution in [-0.4, -0.2) is 36.3 Å². The molecular formula is C17H20N2O3. The molecule has 1 aromatic carbocycles. The maximum atomic E-state index is 12.6. The minimum Gasteiger partial charge on any atom is -0.451 e. The van der Waals surface area contributed by atoms with E-state index >= 15 is 0 Å². The van der Waals surface area contributed by atoms with Crippen LogP contribution in [0.25, 0.3) is 11.0 Å². The Bertz CT molecular complexity index is 733. The van der Waals surface area contributed by atoms with Crippen molar-refractivity contribution in [3.05, 3.63) is 35.1 Å². The molecule has 116 valence electrons. The number of aryl methyl sites for hydroxylation is 2. The minimum atomic E-state index is -0.208. The van der Waals surface area contributed by atoms with Gasteiger partial charge in [0.05, 0.1) is 0 Å². The number of furan rings is 1. The van der Waals surface area contributed by atoms with Crippen LogP contribution >= 0.6 is 0 Å². The molecule has 1 aliphatic heterocycles. The lowest BCUT2D eigenvalue weighted by Gasteiger charge is -2.25. The molecule has 0 bridgehead atoms. The summed E-state index contributed by atoms with van der Waals surface area (Å²) in [5, 5.41) is 3.70. The van der Waals surface area contributed by atoms with Crippen molar-refractivity contribution in [2.24, 2.45) is 0 Å². The van der Waals surface area contributed by atoms with Crippen molar-refractivity contribution in [1.29, 1.82) is 0 Å². The molecule has 0 radical (unpaired) electrons. The summed E-state index contributed by atoms with van der Waals surface area (Å²) in [5.41, 5.74) is 2.82. The third kappa shape index (κ3) is 2.58. The fourth-order valence-electron chi connectivity index (χ4n) is 2.87. The Morgan fingerprint density at radius 1 is 1.41 bits per heavy atom. The maximum Gasteiger partial charge on any atom is 0.290 e.